The molecule has 1 aromatic rings. The van der Waals surface area contributed by atoms with E-state index in [0.717, 1.165) is 19.7 Å². The van der Waals surface area contributed by atoms with Crippen LogP contribution in [0.2, 0.25) is 0 Å². The average molecular weight is 195 g/mol. The van der Waals surface area contributed by atoms with Crippen LogP contribution in [0, 0.1) is 0 Å². The van der Waals surface area contributed by atoms with Crippen molar-refractivity contribution in [1.82, 2.24) is 15.1 Å². The lowest BCUT2D eigenvalue weighted by Crippen LogP contribution is -2.26. The van der Waals surface area contributed by atoms with E-state index >= 15 is 0 Å². The first-order valence-corrected chi connectivity index (χ1v) is 5.15. The predicted octanol–water partition coefficient (Wildman–Crippen LogP) is 0.689. The van der Waals surface area contributed by atoms with E-state index in [0.29, 0.717) is 6.10 Å². The fourth-order valence-corrected chi connectivity index (χ4v) is 1.74. The monoisotopic (exact) mass is 195 g/mol. The predicted molar refractivity (Wildman–Crippen MR) is 53.9 cm³/mol. The summed E-state index contributed by atoms with van der Waals surface area (Å²) in [6.45, 7) is 2.75. The minimum absolute atomic E-state index is 0.420. The minimum atomic E-state index is 0.420. The van der Waals surface area contributed by atoms with Gasteiger partial charge in [0.1, 0.15) is 0 Å². The van der Waals surface area contributed by atoms with Crippen LogP contribution in [0.5, 0.6) is 0 Å². The van der Waals surface area contributed by atoms with E-state index in [4.69, 9.17) is 4.74 Å². The summed E-state index contributed by atoms with van der Waals surface area (Å²) in [6.07, 6.45) is 4.64. The van der Waals surface area contributed by atoms with Gasteiger partial charge < -0.3 is 10.1 Å². The van der Waals surface area contributed by atoms with Gasteiger partial charge in [-0.3, -0.25) is 4.68 Å². The minimum Gasteiger partial charge on any atom is -0.377 e. The third-order valence-corrected chi connectivity index (χ3v) is 2.62. The van der Waals surface area contributed by atoms with E-state index in [9.17, 15) is 0 Å². The zero-order valence-electron chi connectivity index (χ0n) is 8.57. The molecule has 14 heavy (non-hydrogen) atoms. The molecule has 0 spiro atoms. The van der Waals surface area contributed by atoms with Crippen molar-refractivity contribution in [3.8, 4) is 0 Å². The third-order valence-electron chi connectivity index (χ3n) is 2.62. The number of ether oxygens (including phenoxy) is 1. The molecule has 4 nitrogen and oxygen atoms in total. The Morgan fingerprint density at radius 3 is 3.29 bits per heavy atom. The smallest absolute Gasteiger partial charge is 0.0700 e. The molecule has 0 saturated carbocycles. The lowest BCUT2D eigenvalue weighted by Gasteiger charge is -2.10. The van der Waals surface area contributed by atoms with Crippen LogP contribution in [0.1, 0.15) is 18.5 Å². The molecule has 0 bridgehead atoms. The second kappa shape index (κ2) is 4.57. The molecule has 1 N–H and O–H groups in total. The van der Waals surface area contributed by atoms with Gasteiger partial charge in [-0.25, -0.2) is 0 Å². The normalized spacial score (nSPS) is 21.6. The molecule has 1 fully saturated rings. The van der Waals surface area contributed by atoms with Gasteiger partial charge in [0.25, 0.3) is 0 Å². The van der Waals surface area contributed by atoms with Crippen molar-refractivity contribution in [1.29, 1.82) is 0 Å². The van der Waals surface area contributed by atoms with Gasteiger partial charge in [-0.1, -0.05) is 0 Å². The molecular formula is C10H17N3O. The number of aromatic nitrogens is 2. The molecule has 0 aromatic carbocycles. The topological polar surface area (TPSA) is 39.1 Å². The molecule has 2 heterocycles. The molecule has 0 radical (unpaired) electrons. The van der Waals surface area contributed by atoms with Gasteiger partial charge in [0.2, 0.25) is 0 Å². The molecule has 1 aliphatic heterocycles. The number of hydrogen-bond acceptors (Lipinski definition) is 3. The lowest BCUT2D eigenvalue weighted by molar-refractivity contribution is 0.110. The first kappa shape index (κ1) is 9.68. The molecule has 78 valence electrons. The van der Waals surface area contributed by atoms with E-state index in [2.05, 4.69) is 10.4 Å². The van der Waals surface area contributed by atoms with Crippen LogP contribution < -0.4 is 5.32 Å². The Kier molecular flexibility index (Phi) is 3.16. The Balaban J connectivity index is 1.70. The molecule has 1 atom stereocenters. The molecule has 0 amide bonds. The summed E-state index contributed by atoms with van der Waals surface area (Å²) in [4.78, 5) is 0. The number of nitrogens with zero attached hydrogens (tertiary/aromatic N) is 2. The van der Waals surface area contributed by atoms with Crippen LogP contribution in [0.25, 0.3) is 0 Å². The van der Waals surface area contributed by atoms with Crippen molar-refractivity contribution in [2.75, 3.05) is 13.2 Å². The summed E-state index contributed by atoms with van der Waals surface area (Å²) in [7, 11) is 1.96. The lowest BCUT2D eigenvalue weighted by atomic mass is 10.2. The van der Waals surface area contributed by atoms with Crippen LogP contribution in [0.4, 0.5) is 0 Å². The number of rotatable bonds is 4. The molecule has 4 heteroatoms. The number of nitrogens with one attached hydrogen (secondary N) is 1. The van der Waals surface area contributed by atoms with Crippen LogP contribution >= 0.6 is 0 Å². The summed E-state index contributed by atoms with van der Waals surface area (Å²) >= 11 is 0. The van der Waals surface area contributed by atoms with Crippen LogP contribution in [0.15, 0.2) is 12.3 Å². The summed E-state index contributed by atoms with van der Waals surface area (Å²) in [6, 6.07) is 2.03. The Morgan fingerprint density at radius 1 is 1.71 bits per heavy atom. The van der Waals surface area contributed by atoms with Gasteiger partial charge in [0, 0.05) is 32.9 Å². The van der Waals surface area contributed by atoms with Gasteiger partial charge >= 0.3 is 0 Å². The second-order valence-corrected chi connectivity index (χ2v) is 3.71. The van der Waals surface area contributed by atoms with Gasteiger partial charge in [-0.2, -0.15) is 5.10 Å². The third kappa shape index (κ3) is 2.33. The van der Waals surface area contributed by atoms with Crippen molar-refractivity contribution < 1.29 is 4.74 Å². The maximum absolute atomic E-state index is 5.52. The Hall–Kier alpha value is -0.870. The highest BCUT2D eigenvalue weighted by molar-refractivity contribution is 4.99. The van der Waals surface area contributed by atoms with Crippen molar-refractivity contribution in [3.63, 3.8) is 0 Å². The van der Waals surface area contributed by atoms with Crippen molar-refractivity contribution in [3.05, 3.63) is 18.0 Å². The SMILES string of the molecule is Cn1nccc1CNCC1CCCO1. The summed E-state index contributed by atoms with van der Waals surface area (Å²) < 4.78 is 7.41. The molecular weight excluding hydrogens is 178 g/mol. The zero-order valence-corrected chi connectivity index (χ0v) is 8.57. The van der Waals surface area contributed by atoms with Gasteiger partial charge in [-0.15, -0.1) is 0 Å². The largest absolute Gasteiger partial charge is 0.377 e. The first-order valence-electron chi connectivity index (χ1n) is 5.15. The van der Waals surface area contributed by atoms with Crippen molar-refractivity contribution in [2.24, 2.45) is 7.05 Å². The molecule has 1 saturated heterocycles. The van der Waals surface area contributed by atoms with Crippen molar-refractivity contribution in [2.45, 2.75) is 25.5 Å². The van der Waals surface area contributed by atoms with E-state index in [-0.39, 0.29) is 0 Å². The zero-order chi connectivity index (χ0) is 9.80. The van der Waals surface area contributed by atoms with Gasteiger partial charge in [0.15, 0.2) is 0 Å². The van der Waals surface area contributed by atoms with Crippen LogP contribution in [-0.4, -0.2) is 29.0 Å². The number of hydrogen-bond donors (Lipinski definition) is 1. The maximum Gasteiger partial charge on any atom is 0.0700 e. The van der Waals surface area contributed by atoms with E-state index in [1.165, 1.54) is 18.5 Å². The van der Waals surface area contributed by atoms with Crippen LogP contribution in [-0.2, 0) is 18.3 Å². The molecule has 2 rings (SSSR count). The highest BCUT2D eigenvalue weighted by Gasteiger charge is 2.14. The summed E-state index contributed by atoms with van der Waals surface area (Å²) in [5, 5.41) is 7.50. The van der Waals surface area contributed by atoms with Crippen LogP contribution in [0.3, 0.4) is 0 Å². The second-order valence-electron chi connectivity index (χ2n) is 3.71. The van der Waals surface area contributed by atoms with E-state index in [1.54, 1.807) is 0 Å². The van der Waals surface area contributed by atoms with Gasteiger partial charge in [-0.05, 0) is 18.9 Å². The highest BCUT2D eigenvalue weighted by Crippen LogP contribution is 2.10. The fraction of sp³-hybridized carbons (Fsp3) is 0.700. The number of aryl methyl sites for hydroxylation is 1. The standard InChI is InChI=1S/C10H17N3O/c1-13-9(4-5-12-13)7-11-8-10-3-2-6-14-10/h4-5,10-11H,2-3,6-8H2,1H3. The van der Waals surface area contributed by atoms with E-state index < -0.39 is 0 Å². The Labute approximate surface area is 84.3 Å². The highest BCUT2D eigenvalue weighted by atomic mass is 16.5. The fourth-order valence-electron chi connectivity index (χ4n) is 1.74. The summed E-state index contributed by atoms with van der Waals surface area (Å²) in [5.41, 5.74) is 1.21. The first-order chi connectivity index (χ1) is 6.86. The molecule has 1 aromatic heterocycles. The molecule has 1 unspecified atom stereocenters. The van der Waals surface area contributed by atoms with Crippen molar-refractivity contribution >= 4 is 0 Å². The Bertz CT molecular complexity index is 279. The summed E-state index contributed by atoms with van der Waals surface area (Å²) in [5.74, 6) is 0. The average Bonchev–Trinajstić information content (AvgIpc) is 2.78. The quantitative estimate of drug-likeness (QED) is 0.768. The maximum atomic E-state index is 5.52. The molecule has 0 aliphatic carbocycles. The molecule has 1 aliphatic rings. The Morgan fingerprint density at radius 2 is 2.64 bits per heavy atom. The van der Waals surface area contributed by atoms with E-state index in [1.807, 2.05) is 24.0 Å². The van der Waals surface area contributed by atoms with Gasteiger partial charge in [0.05, 0.1) is 11.8 Å².